The van der Waals surface area contributed by atoms with E-state index in [1.54, 1.807) is 0 Å². The van der Waals surface area contributed by atoms with E-state index in [1.807, 2.05) is 66.3 Å². The molecule has 2 aromatic heterocycles. The Kier molecular flexibility index (Phi) is 5.23. The Morgan fingerprint density at radius 3 is 2.54 bits per heavy atom. The molecule has 4 nitrogen and oxygen atoms in total. The van der Waals surface area contributed by atoms with Crippen LogP contribution in [0, 0.1) is 0 Å². The number of anilines is 2. The van der Waals surface area contributed by atoms with Gasteiger partial charge in [0.2, 0.25) is 0 Å². The highest BCUT2D eigenvalue weighted by atomic mass is 32.1. The molecule has 0 unspecified atom stereocenters. The van der Waals surface area contributed by atoms with Crippen molar-refractivity contribution in [3.05, 3.63) is 76.7 Å². The van der Waals surface area contributed by atoms with Crippen molar-refractivity contribution in [2.45, 2.75) is 6.42 Å². The van der Waals surface area contributed by atoms with Gasteiger partial charge in [0.15, 0.2) is 0 Å². The number of likely N-dealkylation sites (N-methyl/N-ethyl adjacent to an activating group) is 1. The quantitative estimate of drug-likeness (QED) is 0.737. The molecule has 24 heavy (non-hydrogen) atoms. The lowest BCUT2D eigenvalue weighted by molar-refractivity contribution is 0.103. The predicted octanol–water partition coefficient (Wildman–Crippen LogP) is 4.07. The zero-order valence-corrected chi connectivity index (χ0v) is 14.3. The number of carbonyl (C=O) groups is 1. The van der Waals surface area contributed by atoms with Crippen LogP contribution in [-0.2, 0) is 6.42 Å². The van der Waals surface area contributed by atoms with Gasteiger partial charge in [-0.3, -0.25) is 9.78 Å². The van der Waals surface area contributed by atoms with Crippen LogP contribution in [0.4, 0.5) is 11.4 Å². The minimum atomic E-state index is -0.0659. The molecule has 2 heterocycles. The molecule has 0 aliphatic carbocycles. The lowest BCUT2D eigenvalue weighted by Gasteiger charge is -2.19. The normalized spacial score (nSPS) is 10.4. The van der Waals surface area contributed by atoms with Gasteiger partial charge in [0.05, 0.1) is 4.88 Å². The van der Waals surface area contributed by atoms with E-state index in [0.717, 1.165) is 24.3 Å². The summed E-state index contributed by atoms with van der Waals surface area (Å²) in [5.74, 6) is -0.0659. The second-order valence-electron chi connectivity index (χ2n) is 5.51. The third kappa shape index (κ3) is 4.20. The number of hydrogen-bond donors (Lipinski definition) is 1. The fourth-order valence-corrected chi connectivity index (χ4v) is 2.99. The third-order valence-corrected chi connectivity index (χ3v) is 4.66. The molecule has 0 fully saturated rings. The van der Waals surface area contributed by atoms with Gasteiger partial charge in [-0.05, 0) is 59.8 Å². The first-order chi connectivity index (χ1) is 11.7. The fraction of sp³-hybridized carbons (Fsp3) is 0.158. The van der Waals surface area contributed by atoms with Crippen molar-refractivity contribution < 1.29 is 4.79 Å². The average molecular weight is 337 g/mol. The van der Waals surface area contributed by atoms with Crippen molar-refractivity contribution in [2.24, 2.45) is 0 Å². The topological polar surface area (TPSA) is 45.2 Å². The van der Waals surface area contributed by atoms with Crippen molar-refractivity contribution in [3.63, 3.8) is 0 Å². The zero-order chi connectivity index (χ0) is 16.8. The van der Waals surface area contributed by atoms with E-state index in [0.29, 0.717) is 4.88 Å². The number of nitrogens with one attached hydrogen (secondary N) is 1. The molecule has 1 amide bonds. The first-order valence-electron chi connectivity index (χ1n) is 7.77. The molecule has 0 aliphatic rings. The zero-order valence-electron chi connectivity index (χ0n) is 13.5. The smallest absolute Gasteiger partial charge is 0.265 e. The third-order valence-electron chi connectivity index (χ3n) is 3.80. The highest BCUT2D eigenvalue weighted by Crippen LogP contribution is 2.19. The van der Waals surface area contributed by atoms with Gasteiger partial charge in [-0.2, -0.15) is 0 Å². The maximum atomic E-state index is 12.0. The lowest BCUT2D eigenvalue weighted by atomic mass is 10.2. The number of aromatic nitrogens is 1. The standard InChI is InChI=1S/C19H19N3OS/c1-22(13-10-15-8-11-20-12-9-15)17-6-4-16(5-7-17)21-19(23)18-3-2-14-24-18/h2-9,11-12,14H,10,13H2,1H3,(H,21,23). The van der Waals surface area contributed by atoms with E-state index in [2.05, 4.69) is 22.2 Å². The van der Waals surface area contributed by atoms with Gasteiger partial charge in [0, 0.05) is 37.4 Å². The molecule has 0 radical (unpaired) electrons. The van der Waals surface area contributed by atoms with E-state index in [4.69, 9.17) is 0 Å². The summed E-state index contributed by atoms with van der Waals surface area (Å²) >= 11 is 1.44. The number of thiophene rings is 1. The molecule has 0 spiro atoms. The van der Waals surface area contributed by atoms with Gasteiger partial charge in [0.25, 0.3) is 5.91 Å². The Morgan fingerprint density at radius 2 is 1.88 bits per heavy atom. The van der Waals surface area contributed by atoms with Gasteiger partial charge in [-0.15, -0.1) is 11.3 Å². The van der Waals surface area contributed by atoms with E-state index < -0.39 is 0 Å². The molecule has 1 N–H and O–H groups in total. The number of hydrogen-bond acceptors (Lipinski definition) is 4. The number of rotatable bonds is 6. The summed E-state index contributed by atoms with van der Waals surface area (Å²) in [6.45, 7) is 0.922. The highest BCUT2D eigenvalue weighted by molar-refractivity contribution is 7.12. The van der Waals surface area contributed by atoms with Gasteiger partial charge >= 0.3 is 0 Å². The molecule has 3 aromatic rings. The summed E-state index contributed by atoms with van der Waals surface area (Å²) in [6, 6.07) is 15.7. The van der Waals surface area contributed by atoms with E-state index in [-0.39, 0.29) is 5.91 Å². The molecule has 1 aromatic carbocycles. The number of benzene rings is 1. The minimum Gasteiger partial charge on any atom is -0.374 e. The van der Waals surface area contributed by atoms with Crippen molar-refractivity contribution >= 4 is 28.6 Å². The number of amides is 1. The van der Waals surface area contributed by atoms with Crippen molar-refractivity contribution in [1.29, 1.82) is 0 Å². The Balaban J connectivity index is 1.56. The molecular formula is C19H19N3OS. The molecule has 0 aliphatic heterocycles. The van der Waals surface area contributed by atoms with Crippen LogP contribution in [0.2, 0.25) is 0 Å². The van der Waals surface area contributed by atoms with Gasteiger partial charge in [0.1, 0.15) is 0 Å². The second kappa shape index (κ2) is 7.75. The lowest BCUT2D eigenvalue weighted by Crippen LogP contribution is -2.20. The summed E-state index contributed by atoms with van der Waals surface area (Å²) < 4.78 is 0. The average Bonchev–Trinajstić information content (AvgIpc) is 3.16. The Hall–Kier alpha value is -2.66. The predicted molar refractivity (Wildman–Crippen MR) is 99.9 cm³/mol. The van der Waals surface area contributed by atoms with Gasteiger partial charge < -0.3 is 10.2 Å². The van der Waals surface area contributed by atoms with E-state index in [1.165, 1.54) is 16.9 Å². The molecule has 0 saturated carbocycles. The molecule has 0 bridgehead atoms. The first-order valence-corrected chi connectivity index (χ1v) is 8.65. The Labute approximate surface area is 145 Å². The van der Waals surface area contributed by atoms with Crippen LogP contribution < -0.4 is 10.2 Å². The van der Waals surface area contributed by atoms with Crippen LogP contribution in [0.3, 0.4) is 0 Å². The summed E-state index contributed by atoms with van der Waals surface area (Å²) in [4.78, 5) is 19.0. The monoisotopic (exact) mass is 337 g/mol. The summed E-state index contributed by atoms with van der Waals surface area (Å²) in [5, 5.41) is 4.81. The SMILES string of the molecule is CN(CCc1ccncc1)c1ccc(NC(=O)c2cccs2)cc1. The van der Waals surface area contributed by atoms with Crippen molar-refractivity contribution in [2.75, 3.05) is 23.8 Å². The van der Waals surface area contributed by atoms with Crippen LogP contribution in [-0.4, -0.2) is 24.5 Å². The van der Waals surface area contributed by atoms with Crippen LogP contribution in [0.15, 0.2) is 66.3 Å². The maximum Gasteiger partial charge on any atom is 0.265 e. The van der Waals surface area contributed by atoms with E-state index >= 15 is 0 Å². The highest BCUT2D eigenvalue weighted by Gasteiger charge is 2.07. The summed E-state index contributed by atoms with van der Waals surface area (Å²) in [5.41, 5.74) is 3.20. The largest absolute Gasteiger partial charge is 0.374 e. The van der Waals surface area contributed by atoms with Gasteiger partial charge in [-0.1, -0.05) is 6.07 Å². The summed E-state index contributed by atoms with van der Waals surface area (Å²) in [6.07, 6.45) is 4.61. The van der Waals surface area contributed by atoms with Crippen LogP contribution in [0.5, 0.6) is 0 Å². The van der Waals surface area contributed by atoms with Gasteiger partial charge in [-0.25, -0.2) is 0 Å². The Morgan fingerprint density at radius 1 is 1.12 bits per heavy atom. The number of carbonyl (C=O) groups excluding carboxylic acids is 1. The molecular weight excluding hydrogens is 318 g/mol. The van der Waals surface area contributed by atoms with Crippen molar-refractivity contribution in [3.8, 4) is 0 Å². The number of nitrogens with zero attached hydrogens (tertiary/aromatic N) is 2. The maximum absolute atomic E-state index is 12.0. The summed E-state index contributed by atoms with van der Waals surface area (Å²) in [7, 11) is 2.07. The van der Waals surface area contributed by atoms with Crippen molar-refractivity contribution in [1.82, 2.24) is 4.98 Å². The van der Waals surface area contributed by atoms with E-state index in [9.17, 15) is 4.79 Å². The molecule has 0 atom stereocenters. The molecule has 122 valence electrons. The molecule has 0 saturated heterocycles. The van der Waals surface area contributed by atoms with Crippen LogP contribution >= 0.6 is 11.3 Å². The minimum absolute atomic E-state index is 0.0659. The number of pyridine rings is 1. The van der Waals surface area contributed by atoms with Crippen LogP contribution in [0.1, 0.15) is 15.2 Å². The second-order valence-corrected chi connectivity index (χ2v) is 6.45. The Bertz CT molecular complexity index is 770. The van der Waals surface area contributed by atoms with Crippen LogP contribution in [0.25, 0.3) is 0 Å². The molecule has 3 rings (SSSR count). The first kappa shape index (κ1) is 16.2. The molecule has 5 heteroatoms. The fourth-order valence-electron chi connectivity index (χ4n) is 2.38.